The zero-order valence-electron chi connectivity index (χ0n) is 10.1. The predicted molar refractivity (Wildman–Crippen MR) is 65.8 cm³/mol. The molecule has 1 N–H and O–H groups in total. The average molecular weight is 208 g/mol. The maximum Gasteiger partial charge on any atom is 0.0240 e. The van der Waals surface area contributed by atoms with E-state index in [1.807, 2.05) is 0 Å². The lowest BCUT2D eigenvalue weighted by Crippen LogP contribution is -2.38. The molecule has 1 aliphatic heterocycles. The van der Waals surface area contributed by atoms with Gasteiger partial charge in [-0.15, -0.1) is 12.3 Å². The van der Waals surface area contributed by atoms with Crippen LogP contribution in [-0.2, 0) is 0 Å². The van der Waals surface area contributed by atoms with Gasteiger partial charge in [-0.1, -0.05) is 6.92 Å². The van der Waals surface area contributed by atoms with Crippen LogP contribution in [-0.4, -0.2) is 37.6 Å². The van der Waals surface area contributed by atoms with E-state index in [2.05, 4.69) is 30.1 Å². The molecule has 1 heterocycles. The smallest absolute Gasteiger partial charge is 0.0240 e. The summed E-state index contributed by atoms with van der Waals surface area (Å²) in [5, 5.41) is 3.59. The second-order valence-electron chi connectivity index (χ2n) is 4.67. The molecule has 0 aromatic carbocycles. The van der Waals surface area contributed by atoms with Gasteiger partial charge in [-0.05, 0) is 51.9 Å². The first kappa shape index (κ1) is 12.5. The van der Waals surface area contributed by atoms with Crippen LogP contribution in [0.2, 0.25) is 0 Å². The molecule has 0 aliphatic carbocycles. The van der Waals surface area contributed by atoms with Gasteiger partial charge in [0.05, 0.1) is 0 Å². The number of piperidine rings is 1. The van der Waals surface area contributed by atoms with E-state index >= 15 is 0 Å². The fraction of sp³-hybridized carbons (Fsp3) is 0.846. The van der Waals surface area contributed by atoms with E-state index in [0.29, 0.717) is 6.04 Å². The minimum atomic E-state index is 0.523. The van der Waals surface area contributed by atoms with Crippen LogP contribution >= 0.6 is 0 Å². The van der Waals surface area contributed by atoms with Crippen LogP contribution in [0.25, 0.3) is 0 Å². The van der Waals surface area contributed by atoms with Gasteiger partial charge in [0.15, 0.2) is 0 Å². The second kappa shape index (κ2) is 6.87. The molecule has 0 amide bonds. The molecule has 15 heavy (non-hydrogen) atoms. The second-order valence-corrected chi connectivity index (χ2v) is 4.67. The molecule has 1 unspecified atom stereocenters. The third-order valence-corrected chi connectivity index (χ3v) is 3.39. The highest BCUT2D eigenvalue weighted by Crippen LogP contribution is 2.15. The molecule has 0 spiro atoms. The summed E-state index contributed by atoms with van der Waals surface area (Å²) in [6.45, 7) is 5.84. The highest BCUT2D eigenvalue weighted by molar-refractivity contribution is 4.89. The van der Waals surface area contributed by atoms with Crippen LogP contribution in [0.4, 0.5) is 0 Å². The highest BCUT2D eigenvalue weighted by atomic mass is 15.1. The van der Waals surface area contributed by atoms with Crippen LogP contribution in [0.3, 0.4) is 0 Å². The third kappa shape index (κ3) is 4.68. The Hall–Kier alpha value is -0.520. The van der Waals surface area contributed by atoms with E-state index in [1.54, 1.807) is 0 Å². The van der Waals surface area contributed by atoms with Gasteiger partial charge in [-0.25, -0.2) is 0 Å². The number of hydrogen-bond donors (Lipinski definition) is 1. The van der Waals surface area contributed by atoms with Crippen molar-refractivity contribution in [2.75, 3.05) is 26.7 Å². The summed E-state index contributed by atoms with van der Waals surface area (Å²) in [5.41, 5.74) is 0. The van der Waals surface area contributed by atoms with Crippen molar-refractivity contribution in [1.82, 2.24) is 10.2 Å². The van der Waals surface area contributed by atoms with E-state index in [1.165, 1.54) is 25.9 Å². The molecule has 86 valence electrons. The van der Waals surface area contributed by atoms with Crippen molar-refractivity contribution in [3.8, 4) is 12.3 Å². The number of rotatable bonds is 5. The third-order valence-electron chi connectivity index (χ3n) is 3.39. The summed E-state index contributed by atoms with van der Waals surface area (Å²) in [4.78, 5) is 2.41. The SMILES string of the molecule is C#CCC(CC)NCC1CCN(C)CC1. The fourth-order valence-electron chi connectivity index (χ4n) is 2.10. The van der Waals surface area contributed by atoms with Crippen molar-refractivity contribution in [2.24, 2.45) is 5.92 Å². The van der Waals surface area contributed by atoms with Crippen LogP contribution < -0.4 is 5.32 Å². The summed E-state index contributed by atoms with van der Waals surface area (Å²) >= 11 is 0. The maximum absolute atomic E-state index is 5.34. The molecule has 0 bridgehead atoms. The molecular weight excluding hydrogens is 184 g/mol. The monoisotopic (exact) mass is 208 g/mol. The van der Waals surface area contributed by atoms with E-state index in [4.69, 9.17) is 6.42 Å². The van der Waals surface area contributed by atoms with Gasteiger partial charge in [0.2, 0.25) is 0 Å². The Kier molecular flexibility index (Phi) is 5.75. The molecule has 1 aliphatic rings. The zero-order chi connectivity index (χ0) is 11.1. The number of nitrogens with zero attached hydrogens (tertiary/aromatic N) is 1. The Balaban J connectivity index is 2.16. The Morgan fingerprint density at radius 3 is 2.67 bits per heavy atom. The van der Waals surface area contributed by atoms with Crippen molar-refractivity contribution < 1.29 is 0 Å². The Morgan fingerprint density at radius 1 is 1.47 bits per heavy atom. The normalized spacial score (nSPS) is 21.1. The quantitative estimate of drug-likeness (QED) is 0.692. The van der Waals surface area contributed by atoms with Crippen LogP contribution in [0.15, 0.2) is 0 Å². The van der Waals surface area contributed by atoms with Gasteiger partial charge < -0.3 is 10.2 Å². The molecule has 0 radical (unpaired) electrons. The van der Waals surface area contributed by atoms with Gasteiger partial charge in [0, 0.05) is 12.5 Å². The number of nitrogens with one attached hydrogen (secondary N) is 1. The molecule has 1 fully saturated rings. The topological polar surface area (TPSA) is 15.3 Å². The minimum Gasteiger partial charge on any atom is -0.313 e. The largest absolute Gasteiger partial charge is 0.313 e. The standard InChI is InChI=1S/C13H24N2/c1-4-6-13(5-2)14-11-12-7-9-15(3)10-8-12/h1,12-14H,5-11H2,2-3H3. The van der Waals surface area contributed by atoms with E-state index < -0.39 is 0 Å². The lowest BCUT2D eigenvalue weighted by molar-refractivity contribution is 0.212. The summed E-state index contributed by atoms with van der Waals surface area (Å²) in [6.07, 6.45) is 9.99. The first-order valence-electron chi connectivity index (χ1n) is 6.11. The molecule has 0 aromatic heterocycles. The number of likely N-dealkylation sites (tertiary alicyclic amines) is 1. The molecule has 2 heteroatoms. The summed E-state index contributed by atoms with van der Waals surface area (Å²) in [5.74, 6) is 3.60. The number of terminal acetylenes is 1. The van der Waals surface area contributed by atoms with E-state index in [-0.39, 0.29) is 0 Å². The van der Waals surface area contributed by atoms with Gasteiger partial charge in [-0.2, -0.15) is 0 Å². The summed E-state index contributed by atoms with van der Waals surface area (Å²) in [7, 11) is 2.21. The Bertz CT molecular complexity index is 199. The predicted octanol–water partition coefficient (Wildman–Crippen LogP) is 1.72. The summed E-state index contributed by atoms with van der Waals surface area (Å²) in [6, 6.07) is 0.523. The van der Waals surface area contributed by atoms with Gasteiger partial charge >= 0.3 is 0 Å². The molecular formula is C13H24N2. The van der Waals surface area contributed by atoms with Gasteiger partial charge in [-0.3, -0.25) is 0 Å². The maximum atomic E-state index is 5.34. The van der Waals surface area contributed by atoms with Crippen LogP contribution in [0, 0.1) is 18.3 Å². The molecule has 2 nitrogen and oxygen atoms in total. The summed E-state index contributed by atoms with van der Waals surface area (Å²) < 4.78 is 0. The lowest BCUT2D eigenvalue weighted by atomic mass is 9.96. The van der Waals surface area contributed by atoms with E-state index in [0.717, 1.165) is 25.3 Å². The minimum absolute atomic E-state index is 0.523. The Morgan fingerprint density at radius 2 is 2.13 bits per heavy atom. The Labute approximate surface area is 94.4 Å². The lowest BCUT2D eigenvalue weighted by Gasteiger charge is -2.30. The van der Waals surface area contributed by atoms with Crippen LogP contribution in [0.1, 0.15) is 32.6 Å². The van der Waals surface area contributed by atoms with Crippen LogP contribution in [0.5, 0.6) is 0 Å². The zero-order valence-corrected chi connectivity index (χ0v) is 10.1. The fourth-order valence-corrected chi connectivity index (χ4v) is 2.10. The molecule has 1 rings (SSSR count). The first-order chi connectivity index (χ1) is 7.26. The van der Waals surface area contributed by atoms with Gasteiger partial charge in [0.1, 0.15) is 0 Å². The average Bonchev–Trinajstić information content (AvgIpc) is 2.26. The number of hydrogen-bond acceptors (Lipinski definition) is 2. The van der Waals surface area contributed by atoms with Gasteiger partial charge in [0.25, 0.3) is 0 Å². The highest BCUT2D eigenvalue weighted by Gasteiger charge is 2.17. The van der Waals surface area contributed by atoms with Crippen molar-refractivity contribution in [3.63, 3.8) is 0 Å². The molecule has 0 aromatic rings. The molecule has 1 saturated heterocycles. The van der Waals surface area contributed by atoms with Crippen molar-refractivity contribution in [2.45, 2.75) is 38.6 Å². The first-order valence-corrected chi connectivity index (χ1v) is 6.11. The van der Waals surface area contributed by atoms with Crippen molar-refractivity contribution in [1.29, 1.82) is 0 Å². The molecule has 0 saturated carbocycles. The van der Waals surface area contributed by atoms with Crippen molar-refractivity contribution >= 4 is 0 Å². The van der Waals surface area contributed by atoms with Crippen molar-refractivity contribution in [3.05, 3.63) is 0 Å². The van der Waals surface area contributed by atoms with E-state index in [9.17, 15) is 0 Å². The molecule has 1 atom stereocenters.